The molecule has 1 aliphatic carbocycles. The van der Waals surface area contributed by atoms with Crippen molar-refractivity contribution in [3.05, 3.63) is 29.3 Å². The van der Waals surface area contributed by atoms with Crippen LogP contribution in [-0.2, 0) is 10.0 Å². The topological polar surface area (TPSA) is 70.0 Å². The van der Waals surface area contributed by atoms with Gasteiger partial charge in [0.2, 0.25) is 10.0 Å². The molecule has 1 aromatic carbocycles. The highest BCUT2D eigenvalue weighted by molar-refractivity contribution is 7.89. The molecule has 1 aliphatic rings. The minimum absolute atomic E-state index is 0.0839. The van der Waals surface area contributed by atoms with Crippen LogP contribution in [0, 0.1) is 24.2 Å². The lowest BCUT2D eigenvalue weighted by molar-refractivity contribution is 0.577. The predicted molar refractivity (Wildman–Crippen MR) is 63.8 cm³/mol. The third-order valence-corrected chi connectivity index (χ3v) is 4.36. The van der Waals surface area contributed by atoms with Crippen LogP contribution in [0.1, 0.15) is 24.0 Å². The number of hydrogen-bond acceptors (Lipinski definition) is 3. The Morgan fingerprint density at radius 1 is 1.47 bits per heavy atom. The van der Waals surface area contributed by atoms with E-state index in [1.165, 1.54) is 6.07 Å². The van der Waals surface area contributed by atoms with E-state index in [-0.39, 0.29) is 10.5 Å². The highest BCUT2D eigenvalue weighted by atomic mass is 32.2. The van der Waals surface area contributed by atoms with Crippen molar-refractivity contribution >= 4 is 10.0 Å². The van der Waals surface area contributed by atoms with Gasteiger partial charge in [0.25, 0.3) is 0 Å². The molecule has 0 spiro atoms. The standard InChI is InChI=1S/C12H14N2O2S/c1-9-3-2-4-12(11(9)7-13)17(15,16)14-8-10-5-6-10/h2-4,10,14H,5-6,8H2,1H3. The fourth-order valence-electron chi connectivity index (χ4n) is 1.64. The van der Waals surface area contributed by atoms with Gasteiger partial charge in [0.05, 0.1) is 10.5 Å². The molecular formula is C12H14N2O2S. The Kier molecular flexibility index (Phi) is 3.18. The molecular weight excluding hydrogens is 236 g/mol. The van der Waals surface area contributed by atoms with Crippen LogP contribution < -0.4 is 4.72 Å². The molecule has 90 valence electrons. The summed E-state index contributed by atoms with van der Waals surface area (Å²) in [6, 6.07) is 6.82. The highest BCUT2D eigenvalue weighted by Crippen LogP contribution is 2.28. The first-order valence-electron chi connectivity index (χ1n) is 5.54. The van der Waals surface area contributed by atoms with Gasteiger partial charge in [-0.3, -0.25) is 0 Å². The molecule has 0 atom stereocenters. The summed E-state index contributed by atoms with van der Waals surface area (Å²) in [6.07, 6.45) is 2.17. The normalized spacial score (nSPS) is 15.5. The predicted octanol–water partition coefficient (Wildman–Crippen LogP) is 1.56. The van der Waals surface area contributed by atoms with Crippen molar-refractivity contribution in [1.29, 1.82) is 5.26 Å². The van der Waals surface area contributed by atoms with Crippen molar-refractivity contribution in [3.8, 4) is 6.07 Å². The quantitative estimate of drug-likeness (QED) is 0.881. The maximum absolute atomic E-state index is 12.0. The van der Waals surface area contributed by atoms with Crippen LogP contribution in [0.15, 0.2) is 23.1 Å². The Morgan fingerprint density at radius 2 is 2.18 bits per heavy atom. The summed E-state index contributed by atoms with van der Waals surface area (Å²) in [5.41, 5.74) is 0.914. The first kappa shape index (κ1) is 12.1. The summed E-state index contributed by atoms with van der Waals surface area (Å²) in [5.74, 6) is 0.472. The monoisotopic (exact) mass is 250 g/mol. The van der Waals surface area contributed by atoms with Crippen LogP contribution in [0.2, 0.25) is 0 Å². The van der Waals surface area contributed by atoms with Gasteiger partial charge in [-0.05, 0) is 37.3 Å². The zero-order chi connectivity index (χ0) is 12.5. The molecule has 0 aromatic heterocycles. The molecule has 4 nitrogen and oxygen atoms in total. The van der Waals surface area contributed by atoms with E-state index >= 15 is 0 Å². The zero-order valence-electron chi connectivity index (χ0n) is 9.60. The second-order valence-electron chi connectivity index (χ2n) is 4.36. The molecule has 1 N–H and O–H groups in total. The van der Waals surface area contributed by atoms with Gasteiger partial charge in [-0.1, -0.05) is 12.1 Å². The van der Waals surface area contributed by atoms with Gasteiger partial charge in [-0.25, -0.2) is 13.1 Å². The van der Waals surface area contributed by atoms with E-state index in [9.17, 15) is 8.42 Å². The average molecular weight is 250 g/mol. The maximum Gasteiger partial charge on any atom is 0.241 e. The summed E-state index contributed by atoms with van der Waals surface area (Å²) in [5, 5.41) is 9.01. The van der Waals surface area contributed by atoms with Gasteiger partial charge < -0.3 is 0 Å². The van der Waals surface area contributed by atoms with E-state index in [0.29, 0.717) is 18.0 Å². The van der Waals surface area contributed by atoms with Crippen molar-refractivity contribution < 1.29 is 8.42 Å². The molecule has 0 radical (unpaired) electrons. The molecule has 1 saturated carbocycles. The molecule has 0 amide bonds. The molecule has 5 heteroatoms. The molecule has 0 saturated heterocycles. The first-order valence-corrected chi connectivity index (χ1v) is 7.02. The van der Waals surface area contributed by atoms with E-state index < -0.39 is 10.0 Å². The molecule has 0 bridgehead atoms. The van der Waals surface area contributed by atoms with Crippen molar-refractivity contribution in [2.45, 2.75) is 24.7 Å². The smallest absolute Gasteiger partial charge is 0.211 e. The summed E-state index contributed by atoms with van der Waals surface area (Å²) in [4.78, 5) is 0.0839. The van der Waals surface area contributed by atoms with Gasteiger partial charge in [-0.15, -0.1) is 0 Å². The van der Waals surface area contributed by atoms with Gasteiger partial charge >= 0.3 is 0 Å². The third-order valence-electron chi connectivity index (χ3n) is 2.89. The minimum Gasteiger partial charge on any atom is -0.211 e. The van der Waals surface area contributed by atoms with Crippen LogP contribution >= 0.6 is 0 Å². The number of nitriles is 1. The van der Waals surface area contributed by atoms with Crippen LogP contribution in [0.3, 0.4) is 0 Å². The van der Waals surface area contributed by atoms with Crippen molar-refractivity contribution in [3.63, 3.8) is 0 Å². The molecule has 1 fully saturated rings. The highest BCUT2D eigenvalue weighted by Gasteiger charge is 2.25. The Labute approximate surface area is 101 Å². The molecule has 17 heavy (non-hydrogen) atoms. The van der Waals surface area contributed by atoms with Crippen LogP contribution in [0.25, 0.3) is 0 Å². The Balaban J connectivity index is 2.31. The summed E-state index contributed by atoms with van der Waals surface area (Å²) in [7, 11) is -3.55. The molecule has 0 heterocycles. The van der Waals surface area contributed by atoms with Crippen molar-refractivity contribution in [2.24, 2.45) is 5.92 Å². The Hall–Kier alpha value is -1.38. The fourth-order valence-corrected chi connectivity index (χ4v) is 2.98. The summed E-state index contributed by atoms with van der Waals surface area (Å²) in [6.45, 7) is 2.21. The zero-order valence-corrected chi connectivity index (χ0v) is 10.4. The molecule has 1 aromatic rings. The second kappa shape index (κ2) is 4.47. The number of hydrogen-bond donors (Lipinski definition) is 1. The van der Waals surface area contributed by atoms with Gasteiger partial charge in [0, 0.05) is 6.54 Å². The number of aryl methyl sites for hydroxylation is 1. The minimum atomic E-state index is -3.55. The number of nitrogens with one attached hydrogen (secondary N) is 1. The van der Waals surface area contributed by atoms with E-state index in [0.717, 1.165) is 12.8 Å². The SMILES string of the molecule is Cc1cccc(S(=O)(=O)NCC2CC2)c1C#N. The average Bonchev–Trinajstić information content (AvgIpc) is 3.10. The van der Waals surface area contributed by atoms with Gasteiger partial charge in [-0.2, -0.15) is 5.26 Å². The lowest BCUT2D eigenvalue weighted by Gasteiger charge is -2.08. The Morgan fingerprint density at radius 3 is 2.76 bits per heavy atom. The molecule has 0 unspecified atom stereocenters. The first-order chi connectivity index (χ1) is 8.04. The van der Waals surface area contributed by atoms with Crippen LogP contribution in [-0.4, -0.2) is 15.0 Å². The van der Waals surface area contributed by atoms with Crippen LogP contribution in [0.4, 0.5) is 0 Å². The van der Waals surface area contributed by atoms with E-state index in [4.69, 9.17) is 5.26 Å². The molecule has 2 rings (SSSR count). The Bertz CT molecular complexity index is 569. The van der Waals surface area contributed by atoms with Crippen molar-refractivity contribution in [1.82, 2.24) is 4.72 Å². The van der Waals surface area contributed by atoms with E-state index in [1.54, 1.807) is 19.1 Å². The number of sulfonamides is 1. The lowest BCUT2D eigenvalue weighted by atomic mass is 10.1. The number of rotatable bonds is 4. The van der Waals surface area contributed by atoms with E-state index in [1.807, 2.05) is 6.07 Å². The lowest BCUT2D eigenvalue weighted by Crippen LogP contribution is -2.26. The van der Waals surface area contributed by atoms with Gasteiger partial charge in [0.15, 0.2) is 0 Å². The second-order valence-corrected chi connectivity index (χ2v) is 6.09. The number of nitrogens with zero attached hydrogens (tertiary/aromatic N) is 1. The van der Waals surface area contributed by atoms with Crippen LogP contribution in [0.5, 0.6) is 0 Å². The largest absolute Gasteiger partial charge is 0.241 e. The fraction of sp³-hybridized carbons (Fsp3) is 0.417. The molecule has 0 aliphatic heterocycles. The van der Waals surface area contributed by atoms with Gasteiger partial charge in [0.1, 0.15) is 6.07 Å². The van der Waals surface area contributed by atoms with E-state index in [2.05, 4.69) is 4.72 Å². The summed E-state index contributed by atoms with van der Waals surface area (Å²) < 4.78 is 26.6. The summed E-state index contributed by atoms with van der Waals surface area (Å²) >= 11 is 0. The third kappa shape index (κ3) is 2.65. The van der Waals surface area contributed by atoms with Crippen molar-refractivity contribution in [2.75, 3.05) is 6.54 Å². The number of benzene rings is 1. The maximum atomic E-state index is 12.0.